The van der Waals surface area contributed by atoms with Crippen LogP contribution in [0.1, 0.15) is 16.9 Å². The lowest BCUT2D eigenvalue weighted by Crippen LogP contribution is -2.51. The first-order chi connectivity index (χ1) is 22.3. The summed E-state index contributed by atoms with van der Waals surface area (Å²) >= 11 is 0. The topological polar surface area (TPSA) is 128 Å². The molecule has 0 aliphatic carbocycles. The second-order valence-electron chi connectivity index (χ2n) is 10.6. The van der Waals surface area contributed by atoms with Crippen LogP contribution in [0, 0.1) is 0 Å². The minimum atomic E-state index is -3.67. The molecular formula is C34H37N3O8S. The highest BCUT2D eigenvalue weighted by Gasteiger charge is 2.31. The Hall–Kier alpha value is -4.65. The largest absolute Gasteiger partial charge is 0.497 e. The monoisotopic (exact) mass is 647 g/mol. The van der Waals surface area contributed by atoms with Gasteiger partial charge in [0.2, 0.25) is 15.9 Å². The van der Waals surface area contributed by atoms with Gasteiger partial charge in [-0.25, -0.2) is 8.42 Å². The van der Waals surface area contributed by atoms with Crippen molar-refractivity contribution < 1.29 is 36.6 Å². The second kappa shape index (κ2) is 15.6. The molecule has 0 saturated carbocycles. The van der Waals surface area contributed by atoms with Crippen molar-refractivity contribution in [3.63, 3.8) is 0 Å². The molecule has 5 rings (SSSR count). The fourth-order valence-corrected chi connectivity index (χ4v) is 6.47. The van der Waals surface area contributed by atoms with Gasteiger partial charge in [0.1, 0.15) is 23.3 Å². The molecule has 0 unspecified atom stereocenters. The van der Waals surface area contributed by atoms with Crippen LogP contribution in [0.4, 0.5) is 0 Å². The Labute approximate surface area is 268 Å². The molecule has 11 nitrogen and oxygen atoms in total. The van der Waals surface area contributed by atoms with Crippen LogP contribution in [0.15, 0.2) is 107 Å². The maximum Gasteiger partial charge on any atom is 0.261 e. The summed E-state index contributed by atoms with van der Waals surface area (Å²) in [6, 6.07) is 25.3. The molecule has 4 aromatic rings. The van der Waals surface area contributed by atoms with Crippen LogP contribution in [-0.4, -0.2) is 75.5 Å². The number of carbonyl (C=O) groups excluding carboxylic acids is 2. The molecule has 3 aromatic carbocycles. The number of carbonyl (C=O) groups is 2. The summed E-state index contributed by atoms with van der Waals surface area (Å²) in [6.45, 7) is 1.20. The van der Waals surface area contributed by atoms with Crippen molar-refractivity contribution in [2.24, 2.45) is 0 Å². The highest BCUT2D eigenvalue weighted by Crippen LogP contribution is 2.22. The Kier molecular flexibility index (Phi) is 11.1. The number of hydrogen-bond acceptors (Lipinski definition) is 8. The Bertz CT molecular complexity index is 1660. The molecule has 46 heavy (non-hydrogen) atoms. The molecule has 0 radical (unpaired) electrons. The van der Waals surface area contributed by atoms with Gasteiger partial charge in [-0.2, -0.15) is 4.31 Å². The van der Waals surface area contributed by atoms with Gasteiger partial charge in [0.15, 0.2) is 6.61 Å². The number of methoxy groups -OCH3 is 1. The van der Waals surface area contributed by atoms with Crippen molar-refractivity contribution >= 4 is 21.8 Å². The first-order valence-electron chi connectivity index (χ1n) is 14.9. The predicted molar refractivity (Wildman–Crippen MR) is 170 cm³/mol. The number of furan rings is 1. The van der Waals surface area contributed by atoms with Gasteiger partial charge in [-0.15, -0.1) is 0 Å². The molecule has 1 fully saturated rings. The highest BCUT2D eigenvalue weighted by molar-refractivity contribution is 7.89. The molecule has 1 aliphatic heterocycles. The second-order valence-corrected chi connectivity index (χ2v) is 12.6. The van der Waals surface area contributed by atoms with Crippen LogP contribution in [0.2, 0.25) is 0 Å². The molecule has 1 saturated heterocycles. The number of morpholine rings is 1. The average molecular weight is 648 g/mol. The Morgan fingerprint density at radius 1 is 0.891 bits per heavy atom. The van der Waals surface area contributed by atoms with Crippen LogP contribution in [0.3, 0.4) is 0 Å². The number of rotatable bonds is 14. The summed E-state index contributed by atoms with van der Waals surface area (Å²) in [5.74, 6) is 0.804. The summed E-state index contributed by atoms with van der Waals surface area (Å²) in [6.07, 6.45) is 1.80. The van der Waals surface area contributed by atoms with Crippen LogP contribution in [-0.2, 0) is 43.9 Å². The molecule has 12 heteroatoms. The van der Waals surface area contributed by atoms with E-state index < -0.39 is 22.0 Å². The van der Waals surface area contributed by atoms with E-state index >= 15 is 0 Å². The van der Waals surface area contributed by atoms with E-state index in [0.29, 0.717) is 43.6 Å². The van der Waals surface area contributed by atoms with Crippen molar-refractivity contribution in [1.29, 1.82) is 0 Å². The zero-order chi connectivity index (χ0) is 32.4. The smallest absolute Gasteiger partial charge is 0.261 e. The van der Waals surface area contributed by atoms with Crippen molar-refractivity contribution in [3.05, 3.63) is 114 Å². The Morgan fingerprint density at radius 3 is 2.24 bits per heavy atom. The van der Waals surface area contributed by atoms with Crippen molar-refractivity contribution in [1.82, 2.24) is 14.5 Å². The number of hydrogen-bond donors (Lipinski definition) is 1. The summed E-state index contributed by atoms with van der Waals surface area (Å²) < 4.78 is 49.2. The Balaban J connectivity index is 1.35. The normalized spacial score (nSPS) is 14.3. The Morgan fingerprint density at radius 2 is 1.59 bits per heavy atom. The summed E-state index contributed by atoms with van der Waals surface area (Å²) in [4.78, 5) is 29.3. The van der Waals surface area contributed by atoms with E-state index in [1.54, 1.807) is 31.4 Å². The van der Waals surface area contributed by atoms with Gasteiger partial charge in [0, 0.05) is 26.1 Å². The maximum absolute atomic E-state index is 13.9. The third kappa shape index (κ3) is 8.53. The molecule has 2 heterocycles. The number of amides is 2. The highest BCUT2D eigenvalue weighted by atomic mass is 32.2. The summed E-state index contributed by atoms with van der Waals surface area (Å²) in [5, 5.41) is 2.91. The molecule has 2 amide bonds. The maximum atomic E-state index is 13.9. The van der Waals surface area contributed by atoms with E-state index in [0.717, 1.165) is 11.1 Å². The van der Waals surface area contributed by atoms with E-state index in [1.165, 1.54) is 39.7 Å². The zero-order valence-corrected chi connectivity index (χ0v) is 26.4. The standard InChI is InChI=1S/C34H37N3O8S/c1-42-28-11-9-27(10-12-28)24-37(32(22-26-6-3-2-4-7-26)34(39)35-23-30-8-5-19-44-30)33(38)25-45-29-13-15-31(16-14-29)46(40,41)36-17-20-43-21-18-36/h2-16,19,32H,17-18,20-25H2,1H3,(H,35,39)/t32-/m1/s1. The lowest BCUT2D eigenvalue weighted by Gasteiger charge is -2.31. The number of sulfonamides is 1. The molecular weight excluding hydrogens is 610 g/mol. The minimum Gasteiger partial charge on any atom is -0.497 e. The lowest BCUT2D eigenvalue weighted by atomic mass is 10.0. The number of ether oxygens (including phenoxy) is 3. The predicted octanol–water partition coefficient (Wildman–Crippen LogP) is 3.64. The van der Waals surface area contributed by atoms with Crippen LogP contribution < -0.4 is 14.8 Å². The molecule has 0 spiro atoms. The number of nitrogens with one attached hydrogen (secondary N) is 1. The SMILES string of the molecule is COc1ccc(CN(C(=O)COc2ccc(S(=O)(=O)N3CCOCC3)cc2)[C@H](Cc2ccccc2)C(=O)NCc2ccco2)cc1. The van der Waals surface area contributed by atoms with Gasteiger partial charge < -0.3 is 28.8 Å². The fourth-order valence-electron chi connectivity index (χ4n) is 5.06. The quantitative estimate of drug-likeness (QED) is 0.220. The van der Waals surface area contributed by atoms with Crippen LogP contribution in [0.25, 0.3) is 0 Å². The van der Waals surface area contributed by atoms with Gasteiger partial charge in [-0.1, -0.05) is 42.5 Å². The summed E-state index contributed by atoms with van der Waals surface area (Å²) in [5.41, 5.74) is 1.68. The first-order valence-corrected chi connectivity index (χ1v) is 16.3. The molecule has 1 aromatic heterocycles. The number of nitrogens with zero attached hydrogens (tertiary/aromatic N) is 2. The van der Waals surface area contributed by atoms with Gasteiger partial charge in [-0.3, -0.25) is 9.59 Å². The lowest BCUT2D eigenvalue weighted by molar-refractivity contribution is -0.142. The van der Waals surface area contributed by atoms with E-state index in [4.69, 9.17) is 18.6 Å². The summed E-state index contributed by atoms with van der Waals surface area (Å²) in [7, 11) is -2.10. The third-order valence-electron chi connectivity index (χ3n) is 7.59. The van der Waals surface area contributed by atoms with E-state index in [9.17, 15) is 18.0 Å². The van der Waals surface area contributed by atoms with Crippen molar-refractivity contribution in [2.75, 3.05) is 40.0 Å². The van der Waals surface area contributed by atoms with E-state index in [1.807, 2.05) is 42.5 Å². The molecule has 1 atom stereocenters. The van der Waals surface area contributed by atoms with Crippen LogP contribution >= 0.6 is 0 Å². The van der Waals surface area contributed by atoms with Gasteiger partial charge in [0.05, 0.1) is 38.0 Å². The van der Waals surface area contributed by atoms with E-state index in [-0.39, 0.29) is 36.9 Å². The minimum absolute atomic E-state index is 0.130. The van der Waals surface area contributed by atoms with E-state index in [2.05, 4.69) is 5.32 Å². The van der Waals surface area contributed by atoms with Crippen molar-refractivity contribution in [3.8, 4) is 11.5 Å². The van der Waals surface area contributed by atoms with Crippen LogP contribution in [0.5, 0.6) is 11.5 Å². The molecule has 0 bridgehead atoms. The van der Waals surface area contributed by atoms with Gasteiger partial charge in [0.25, 0.3) is 5.91 Å². The molecule has 1 aliphatic rings. The first kappa shape index (κ1) is 32.7. The number of benzene rings is 3. The average Bonchev–Trinajstić information content (AvgIpc) is 3.63. The van der Waals surface area contributed by atoms with Gasteiger partial charge >= 0.3 is 0 Å². The van der Waals surface area contributed by atoms with Crippen molar-refractivity contribution in [2.45, 2.75) is 30.4 Å². The third-order valence-corrected chi connectivity index (χ3v) is 9.51. The zero-order valence-electron chi connectivity index (χ0n) is 25.5. The van der Waals surface area contributed by atoms with Gasteiger partial charge in [-0.05, 0) is 59.7 Å². The molecule has 1 N–H and O–H groups in total. The fraction of sp³-hybridized carbons (Fsp3) is 0.294. The molecule has 242 valence electrons.